The van der Waals surface area contributed by atoms with Crippen LogP contribution in [0.15, 0.2) is 136 Å². The number of unbranched alkanes of at least 4 members (excludes halogenated alkanes) is 2. The number of aromatic nitrogens is 2. The van der Waals surface area contributed by atoms with E-state index in [1.807, 2.05) is 23.5 Å². The highest BCUT2D eigenvalue weighted by atomic mass is 32.2. The lowest BCUT2D eigenvalue weighted by Crippen LogP contribution is -2.41. The number of thioether (sulfide) groups is 2. The fourth-order valence-corrected chi connectivity index (χ4v) is 11.4. The van der Waals surface area contributed by atoms with Gasteiger partial charge in [-0.25, -0.2) is 9.13 Å². The predicted octanol–water partition coefficient (Wildman–Crippen LogP) is 7.57. The molecule has 6 aromatic rings. The van der Waals surface area contributed by atoms with Gasteiger partial charge in [-0.15, -0.1) is 0 Å². The third-order valence-electron chi connectivity index (χ3n) is 12.3. The van der Waals surface area contributed by atoms with E-state index in [1.165, 1.54) is 59.1 Å². The molecule has 0 fully saturated rings. The van der Waals surface area contributed by atoms with Gasteiger partial charge in [-0.3, -0.25) is 14.5 Å². The summed E-state index contributed by atoms with van der Waals surface area (Å²) in [6, 6.07) is 38.9. The van der Waals surface area contributed by atoms with Gasteiger partial charge in [-0.05, 0) is 79.3 Å². The van der Waals surface area contributed by atoms with Crippen molar-refractivity contribution < 1.29 is 18.7 Å². The van der Waals surface area contributed by atoms with Gasteiger partial charge in [0.1, 0.15) is 14.1 Å². The van der Waals surface area contributed by atoms with Gasteiger partial charge in [0.25, 0.3) is 0 Å². The number of hydrogen-bond acceptors (Lipinski definition) is 8. The molecule has 0 bridgehead atoms. The van der Waals surface area contributed by atoms with Crippen LogP contribution in [-0.2, 0) is 30.1 Å². The fraction of sp³-hybridized carbons (Fsp3) is 0.346. The summed E-state index contributed by atoms with van der Waals surface area (Å²) in [4.78, 5) is 35.6. The van der Waals surface area contributed by atoms with E-state index in [2.05, 4.69) is 176 Å². The summed E-state index contributed by atoms with van der Waals surface area (Å²) in [6.45, 7) is 5.47. The zero-order valence-electron chi connectivity index (χ0n) is 37.3. The number of carbonyl (C=O) groups excluding carboxylic acids is 2. The number of anilines is 2. The molecule has 0 aliphatic carbocycles. The molecule has 2 aliphatic rings. The number of fused-ring (bicyclic) bond motifs is 4. The van der Waals surface area contributed by atoms with E-state index in [0.717, 1.165) is 45.2 Å². The number of nitrogens with one attached hydrogen (secondary N) is 2. The molecule has 10 nitrogen and oxygen atoms in total. The van der Waals surface area contributed by atoms with Crippen molar-refractivity contribution in [2.75, 3.05) is 62.2 Å². The molecule has 4 aromatic carbocycles. The number of nitrogens with two attached hydrogens (primary N) is 1. The molecule has 8 rings (SSSR count). The van der Waals surface area contributed by atoms with E-state index in [4.69, 9.17) is 5.73 Å². The van der Waals surface area contributed by atoms with Crippen molar-refractivity contribution in [3.63, 3.8) is 0 Å². The van der Waals surface area contributed by atoms with Crippen LogP contribution in [0.3, 0.4) is 0 Å². The van der Waals surface area contributed by atoms with Gasteiger partial charge in [0.15, 0.2) is 12.4 Å². The standard InChI is InChI=1S/C52H60N8O2S2/c1-56-32-25-39(41-15-3-5-17-43(41)56)37-51-59(45-19-7-9-21-47(45)63-51)30-13-11-23-49(61)54-28-35-58(34-27-53)36-29-55-50(62)24-12-14-31-60-46-20-8-10-22-48(46)64-52(60)38-40-26-33-57(2)44-18-6-4-16-42(40)44/h3-10,15-22,25-26,32-33,37,52H,11-14,23-24,27-31,34-36,38,53H2,1-2H3/p+2. The lowest BCUT2D eigenvalue weighted by molar-refractivity contribution is -0.645. The van der Waals surface area contributed by atoms with Gasteiger partial charge in [-0.1, -0.05) is 72.1 Å². The fourth-order valence-electron chi connectivity index (χ4n) is 8.93. The molecule has 12 heteroatoms. The number of benzene rings is 4. The van der Waals surface area contributed by atoms with E-state index in [-0.39, 0.29) is 11.8 Å². The van der Waals surface area contributed by atoms with Crippen LogP contribution >= 0.6 is 23.5 Å². The van der Waals surface area contributed by atoms with Crippen LogP contribution in [0.5, 0.6) is 0 Å². The van der Waals surface area contributed by atoms with E-state index < -0.39 is 0 Å². The molecule has 332 valence electrons. The van der Waals surface area contributed by atoms with Gasteiger partial charge in [-0.2, -0.15) is 0 Å². The molecule has 0 saturated heterocycles. The number of pyridine rings is 2. The smallest absolute Gasteiger partial charge is 0.220 e. The number of amides is 2. The summed E-state index contributed by atoms with van der Waals surface area (Å²) in [5.41, 5.74) is 13.5. The molecule has 2 aliphatic heterocycles. The van der Waals surface area contributed by atoms with E-state index in [9.17, 15) is 9.59 Å². The molecule has 4 heterocycles. The van der Waals surface area contributed by atoms with Gasteiger partial charge < -0.3 is 26.2 Å². The number of rotatable bonds is 21. The molecular weight excluding hydrogens is 833 g/mol. The van der Waals surface area contributed by atoms with Gasteiger partial charge >= 0.3 is 0 Å². The van der Waals surface area contributed by atoms with Crippen molar-refractivity contribution in [1.82, 2.24) is 15.5 Å². The van der Waals surface area contributed by atoms with Crippen LogP contribution in [-0.4, -0.2) is 74.4 Å². The van der Waals surface area contributed by atoms with Gasteiger partial charge in [0.05, 0.1) is 27.2 Å². The Morgan fingerprint density at radius 3 is 2.00 bits per heavy atom. The molecule has 1 atom stereocenters. The lowest BCUT2D eigenvalue weighted by Gasteiger charge is -2.27. The number of aryl methyl sites for hydroxylation is 2. The van der Waals surface area contributed by atoms with Crippen LogP contribution in [0.4, 0.5) is 11.4 Å². The van der Waals surface area contributed by atoms with E-state index in [1.54, 1.807) is 0 Å². The van der Waals surface area contributed by atoms with Crippen molar-refractivity contribution in [1.29, 1.82) is 0 Å². The maximum Gasteiger partial charge on any atom is 0.220 e. The highest BCUT2D eigenvalue weighted by molar-refractivity contribution is 8.04. The van der Waals surface area contributed by atoms with Crippen LogP contribution in [0, 0.1) is 0 Å². The van der Waals surface area contributed by atoms with Crippen molar-refractivity contribution in [3.05, 3.63) is 138 Å². The third kappa shape index (κ3) is 11.1. The first-order valence-electron chi connectivity index (χ1n) is 22.8. The predicted molar refractivity (Wildman–Crippen MR) is 264 cm³/mol. The zero-order valence-corrected chi connectivity index (χ0v) is 38.9. The van der Waals surface area contributed by atoms with Gasteiger partial charge in [0.2, 0.25) is 22.8 Å². The number of para-hydroxylation sites is 4. The molecule has 0 spiro atoms. The highest BCUT2D eigenvalue weighted by Gasteiger charge is 2.31. The van der Waals surface area contributed by atoms with Crippen molar-refractivity contribution in [2.24, 2.45) is 19.8 Å². The number of hydrogen-bond donors (Lipinski definition) is 3. The maximum atomic E-state index is 12.9. The Labute approximate surface area is 386 Å². The summed E-state index contributed by atoms with van der Waals surface area (Å²) in [5, 5.41) is 10.3. The Balaban J connectivity index is 0.736. The van der Waals surface area contributed by atoms with Crippen LogP contribution in [0.2, 0.25) is 0 Å². The molecule has 1 unspecified atom stereocenters. The van der Waals surface area contributed by atoms with Crippen LogP contribution in [0.25, 0.3) is 27.9 Å². The molecular formula is C52H62N8O2S2+2. The Bertz CT molecular complexity index is 2600. The van der Waals surface area contributed by atoms with Crippen molar-refractivity contribution in [3.8, 4) is 0 Å². The normalized spacial score (nSPS) is 15.1. The Morgan fingerprint density at radius 2 is 1.28 bits per heavy atom. The molecule has 4 N–H and O–H groups in total. The lowest BCUT2D eigenvalue weighted by atomic mass is 10.1. The average molecular weight is 895 g/mol. The summed E-state index contributed by atoms with van der Waals surface area (Å²) in [6.07, 6.45) is 12.0. The number of carbonyl (C=O) groups is 2. The molecule has 2 aromatic heterocycles. The largest absolute Gasteiger partial charge is 0.358 e. The second-order valence-electron chi connectivity index (χ2n) is 16.8. The molecule has 2 amide bonds. The molecule has 0 radical (unpaired) electrons. The van der Waals surface area contributed by atoms with Crippen LogP contribution in [0.1, 0.15) is 49.7 Å². The van der Waals surface area contributed by atoms with Crippen molar-refractivity contribution in [2.45, 2.75) is 60.1 Å². The SMILES string of the molecule is C[n+]1ccc(/C=C2\Sc3ccccc3N2CCCCC(=O)NCCN(CCN)CCNC(=O)CCCCN2c3ccccc3SC2Cc2cc[n+](C)c3ccccc23)c2ccccc21. The number of nitrogens with zero attached hydrogens (tertiary/aromatic N) is 5. The average Bonchev–Trinajstić information content (AvgIpc) is 3.85. The monoisotopic (exact) mass is 894 g/mol. The van der Waals surface area contributed by atoms with E-state index >= 15 is 0 Å². The minimum absolute atomic E-state index is 0.0710. The topological polar surface area (TPSA) is 102 Å². The first-order chi connectivity index (χ1) is 31.4. The summed E-state index contributed by atoms with van der Waals surface area (Å²) >= 11 is 3.76. The summed E-state index contributed by atoms with van der Waals surface area (Å²) < 4.78 is 4.35. The highest BCUT2D eigenvalue weighted by Crippen LogP contribution is 2.47. The van der Waals surface area contributed by atoms with Crippen LogP contribution < -0.4 is 35.3 Å². The Kier molecular flexibility index (Phi) is 15.5. The summed E-state index contributed by atoms with van der Waals surface area (Å²) in [7, 11) is 4.19. The second-order valence-corrected chi connectivity index (χ2v) is 19.0. The maximum absolute atomic E-state index is 12.9. The molecule has 64 heavy (non-hydrogen) atoms. The van der Waals surface area contributed by atoms with Gasteiger partial charge in [0, 0.05) is 111 Å². The molecule has 0 saturated carbocycles. The minimum Gasteiger partial charge on any atom is -0.358 e. The first kappa shape index (κ1) is 45.2. The zero-order chi connectivity index (χ0) is 44.3. The summed E-state index contributed by atoms with van der Waals surface area (Å²) in [5.74, 6) is 0.153. The Hall–Kier alpha value is -5.40. The van der Waals surface area contributed by atoms with Crippen molar-refractivity contribution >= 4 is 74.6 Å². The second kappa shape index (κ2) is 22.0. The minimum atomic E-state index is 0.0710. The quantitative estimate of drug-likeness (QED) is 0.0503. The van der Waals surface area contributed by atoms with E-state index in [0.29, 0.717) is 57.5 Å². The Morgan fingerprint density at radius 1 is 0.688 bits per heavy atom. The first-order valence-corrected chi connectivity index (χ1v) is 24.5. The third-order valence-corrected chi connectivity index (χ3v) is 14.7.